The summed E-state index contributed by atoms with van der Waals surface area (Å²) >= 11 is 4.21. The lowest BCUT2D eigenvalue weighted by molar-refractivity contribution is -0.114. The van der Waals surface area contributed by atoms with Crippen LogP contribution in [-0.4, -0.2) is 30.6 Å². The maximum absolute atomic E-state index is 12.7. The van der Waals surface area contributed by atoms with Gasteiger partial charge in [-0.15, -0.1) is 11.3 Å². The third-order valence-corrected chi connectivity index (χ3v) is 5.99. The number of carbonyl (C=O) groups excluding carboxylic acids is 2. The Bertz CT molecular complexity index is 1120. The Kier molecular flexibility index (Phi) is 7.76. The lowest BCUT2D eigenvalue weighted by Gasteiger charge is -2.07. The largest absolute Gasteiger partial charge is 0.503 e. The molecular weight excluding hydrogens is 472 g/mol. The smallest absolute Gasteiger partial charge is 0.348 e. The van der Waals surface area contributed by atoms with Crippen LogP contribution in [0.25, 0.3) is 6.08 Å². The van der Waals surface area contributed by atoms with Gasteiger partial charge in [0, 0.05) is 11.3 Å². The first-order valence-electron chi connectivity index (χ1n) is 8.68. The number of ether oxygens (including phenoxy) is 2. The van der Waals surface area contributed by atoms with Gasteiger partial charge in [-0.1, -0.05) is 0 Å². The summed E-state index contributed by atoms with van der Waals surface area (Å²) in [4.78, 5) is 25.5. The number of hydrogen-bond donors (Lipinski definition) is 1. The van der Waals surface area contributed by atoms with Crippen LogP contribution in [0.1, 0.15) is 38.2 Å². The number of phenolic OH excluding ortho intramolecular Hbond substituents is 1. The van der Waals surface area contributed by atoms with Gasteiger partial charge in [-0.3, -0.25) is 4.79 Å². The number of nitrogens with zero attached hydrogens (tertiary/aromatic N) is 2. The second kappa shape index (κ2) is 10.1. The van der Waals surface area contributed by atoms with Crippen molar-refractivity contribution in [2.45, 2.75) is 20.3 Å². The number of allylic oxidation sites excluding steroid dienone is 1. The van der Waals surface area contributed by atoms with Gasteiger partial charge in [0.1, 0.15) is 17.0 Å². The Balaban J connectivity index is 2.39. The molecule has 2 rings (SSSR count). The predicted molar refractivity (Wildman–Crippen MR) is 114 cm³/mol. The Morgan fingerprint density at radius 2 is 2.03 bits per heavy atom. The summed E-state index contributed by atoms with van der Waals surface area (Å²) in [6.07, 6.45) is 1.16. The second-order valence-corrected chi connectivity index (χ2v) is 7.97. The maximum Gasteiger partial charge on any atom is 0.348 e. The number of halogens is 1. The molecule has 0 fully saturated rings. The Morgan fingerprint density at radius 3 is 2.60 bits per heavy atom. The monoisotopic (exact) mass is 488 g/mol. The summed E-state index contributed by atoms with van der Waals surface area (Å²) in [6, 6.07) is 6.91. The first-order valence-corrected chi connectivity index (χ1v) is 10.3. The minimum atomic E-state index is -0.549. The van der Waals surface area contributed by atoms with E-state index in [9.17, 15) is 25.2 Å². The van der Waals surface area contributed by atoms with E-state index in [0.717, 1.165) is 11.3 Å². The number of aromatic hydroxyl groups is 1. The summed E-state index contributed by atoms with van der Waals surface area (Å²) in [5, 5.41) is 28.8. The molecule has 30 heavy (non-hydrogen) atoms. The number of phenols is 1. The summed E-state index contributed by atoms with van der Waals surface area (Å²) in [7, 11) is 1.38. The van der Waals surface area contributed by atoms with Crippen LogP contribution in [-0.2, 0) is 16.0 Å². The van der Waals surface area contributed by atoms with Crippen LogP contribution in [0.15, 0.2) is 22.2 Å². The molecule has 0 aliphatic heterocycles. The van der Waals surface area contributed by atoms with Gasteiger partial charge in [0.25, 0.3) is 0 Å². The molecule has 0 unspecified atom stereocenters. The molecule has 1 aromatic carbocycles. The molecule has 0 aliphatic carbocycles. The van der Waals surface area contributed by atoms with E-state index >= 15 is 0 Å². The third-order valence-electron chi connectivity index (χ3n) is 4.12. The SMILES string of the molecule is CCOC(=O)c1sc(CC(=O)/C(C#N)=C/c2cc(Br)c(O)c(OC)c2)c(C#N)c1C. The summed E-state index contributed by atoms with van der Waals surface area (Å²) in [5.41, 5.74) is 1.03. The van der Waals surface area contributed by atoms with Crippen molar-refractivity contribution in [1.29, 1.82) is 10.5 Å². The van der Waals surface area contributed by atoms with Crippen LogP contribution in [0.2, 0.25) is 0 Å². The molecule has 154 valence electrons. The summed E-state index contributed by atoms with van der Waals surface area (Å²) in [5.74, 6) is -0.972. The molecule has 0 atom stereocenters. The average Bonchev–Trinajstić information content (AvgIpc) is 3.03. The van der Waals surface area contributed by atoms with Gasteiger partial charge in [-0.25, -0.2) is 4.79 Å². The molecule has 0 radical (unpaired) electrons. The number of ketones is 1. The fourth-order valence-corrected chi connectivity index (χ4v) is 4.26. The van der Waals surface area contributed by atoms with E-state index in [-0.39, 0.29) is 40.5 Å². The number of hydrogen-bond acceptors (Lipinski definition) is 8. The van der Waals surface area contributed by atoms with Crippen LogP contribution in [0.3, 0.4) is 0 Å². The zero-order valence-corrected chi connectivity index (χ0v) is 18.8. The maximum atomic E-state index is 12.7. The second-order valence-electron chi connectivity index (χ2n) is 6.01. The Hall–Kier alpha value is -3.14. The normalized spacial score (nSPS) is 10.8. The average molecular weight is 489 g/mol. The minimum Gasteiger partial charge on any atom is -0.503 e. The van der Waals surface area contributed by atoms with Crippen LogP contribution >= 0.6 is 27.3 Å². The number of Topliss-reactive ketones (excluding diaryl/α,β-unsaturated/α-hetero) is 1. The van der Waals surface area contributed by atoms with Crippen molar-refractivity contribution in [3.63, 3.8) is 0 Å². The summed E-state index contributed by atoms with van der Waals surface area (Å²) in [6.45, 7) is 3.49. The van der Waals surface area contributed by atoms with E-state index < -0.39 is 11.8 Å². The van der Waals surface area contributed by atoms with Crippen molar-refractivity contribution >= 4 is 45.1 Å². The number of methoxy groups -OCH3 is 1. The van der Waals surface area contributed by atoms with Gasteiger partial charge in [0.15, 0.2) is 17.3 Å². The first-order chi connectivity index (χ1) is 14.3. The first kappa shape index (κ1) is 23.1. The van der Waals surface area contributed by atoms with Crippen molar-refractivity contribution in [3.05, 3.63) is 48.6 Å². The highest BCUT2D eigenvalue weighted by molar-refractivity contribution is 9.10. The van der Waals surface area contributed by atoms with Crippen molar-refractivity contribution in [2.75, 3.05) is 13.7 Å². The third kappa shape index (κ3) is 4.88. The molecule has 0 saturated heterocycles. The lowest BCUT2D eigenvalue weighted by Crippen LogP contribution is -2.05. The van der Waals surface area contributed by atoms with Crippen LogP contribution < -0.4 is 4.74 Å². The molecule has 0 saturated carbocycles. The van der Waals surface area contributed by atoms with E-state index in [1.54, 1.807) is 13.8 Å². The molecule has 0 spiro atoms. The van der Waals surface area contributed by atoms with Gasteiger partial charge >= 0.3 is 5.97 Å². The highest BCUT2D eigenvalue weighted by atomic mass is 79.9. The minimum absolute atomic E-state index is 0.0984. The van der Waals surface area contributed by atoms with E-state index in [4.69, 9.17) is 9.47 Å². The van der Waals surface area contributed by atoms with E-state index in [1.807, 2.05) is 12.1 Å². The molecule has 2 aromatic rings. The molecule has 7 nitrogen and oxygen atoms in total. The Morgan fingerprint density at radius 1 is 1.33 bits per heavy atom. The fourth-order valence-electron chi connectivity index (χ4n) is 2.65. The van der Waals surface area contributed by atoms with Gasteiger partial charge < -0.3 is 14.6 Å². The van der Waals surface area contributed by atoms with Crippen molar-refractivity contribution < 1.29 is 24.2 Å². The van der Waals surface area contributed by atoms with E-state index in [0.29, 0.717) is 20.5 Å². The molecule has 0 bridgehead atoms. The van der Waals surface area contributed by atoms with Crippen LogP contribution in [0.5, 0.6) is 11.5 Å². The van der Waals surface area contributed by atoms with Gasteiger partial charge in [0.05, 0.1) is 29.3 Å². The standard InChI is InChI=1S/C21H17BrN2O5S/c1-4-29-21(27)20-11(2)14(10-24)18(30-20)8-16(25)13(9-23)5-12-6-15(22)19(26)17(7-12)28-3/h5-7,26H,4,8H2,1-3H3/b13-5+. The zero-order chi connectivity index (χ0) is 22.4. The van der Waals surface area contributed by atoms with E-state index in [1.165, 1.54) is 25.3 Å². The summed E-state index contributed by atoms with van der Waals surface area (Å²) < 4.78 is 10.4. The highest BCUT2D eigenvalue weighted by Gasteiger charge is 2.23. The van der Waals surface area contributed by atoms with Gasteiger partial charge in [-0.2, -0.15) is 10.5 Å². The van der Waals surface area contributed by atoms with Crippen molar-refractivity contribution in [2.24, 2.45) is 0 Å². The van der Waals surface area contributed by atoms with Crippen LogP contribution in [0.4, 0.5) is 0 Å². The molecule has 1 heterocycles. The zero-order valence-electron chi connectivity index (χ0n) is 16.4. The van der Waals surface area contributed by atoms with Crippen molar-refractivity contribution in [3.8, 4) is 23.6 Å². The topological polar surface area (TPSA) is 120 Å². The predicted octanol–water partition coefficient (Wildman–Crippen LogP) is 4.30. The number of nitriles is 2. The Labute approximate surface area is 185 Å². The molecule has 9 heteroatoms. The van der Waals surface area contributed by atoms with E-state index in [2.05, 4.69) is 15.9 Å². The lowest BCUT2D eigenvalue weighted by atomic mass is 10.0. The number of benzene rings is 1. The number of carbonyl (C=O) groups is 2. The molecule has 1 N–H and O–H groups in total. The van der Waals surface area contributed by atoms with Crippen molar-refractivity contribution in [1.82, 2.24) is 0 Å². The number of esters is 1. The van der Waals surface area contributed by atoms with Crippen LogP contribution in [0, 0.1) is 29.6 Å². The highest BCUT2D eigenvalue weighted by Crippen LogP contribution is 2.36. The van der Waals surface area contributed by atoms with Gasteiger partial charge in [0.2, 0.25) is 0 Å². The molecular formula is C21H17BrN2O5S. The number of rotatable bonds is 7. The molecule has 0 amide bonds. The molecule has 1 aromatic heterocycles. The number of thiophene rings is 1. The quantitative estimate of drug-likeness (QED) is 0.350. The molecule has 0 aliphatic rings. The fraction of sp³-hybridized carbons (Fsp3) is 0.238. The van der Waals surface area contributed by atoms with Gasteiger partial charge in [-0.05, 0) is 59.1 Å².